The van der Waals surface area contributed by atoms with E-state index in [1.165, 1.54) is 0 Å². The molecule has 3 aromatic rings. The minimum atomic E-state index is -0.836. The molecule has 0 fully saturated rings. The van der Waals surface area contributed by atoms with E-state index >= 15 is 0 Å². The molecule has 2 aromatic carbocycles. The molecule has 0 aliphatic carbocycles. The van der Waals surface area contributed by atoms with Crippen LogP contribution in [0, 0.1) is 17.2 Å². The normalized spacial score (nSPS) is 13.0. The number of imidazole rings is 1. The number of nitriles is 1. The van der Waals surface area contributed by atoms with E-state index in [-0.39, 0.29) is 5.78 Å². The van der Waals surface area contributed by atoms with Crippen LogP contribution in [0.1, 0.15) is 34.6 Å². The number of carbonyl (C=O) groups excluding carboxylic acids is 1. The van der Waals surface area contributed by atoms with E-state index in [0.717, 1.165) is 17.9 Å². The van der Waals surface area contributed by atoms with Gasteiger partial charge in [0.15, 0.2) is 5.78 Å². The maximum absolute atomic E-state index is 13.0. The van der Waals surface area contributed by atoms with Gasteiger partial charge in [-0.15, -0.1) is 0 Å². The molecule has 0 spiro atoms. The summed E-state index contributed by atoms with van der Waals surface area (Å²) in [6, 6.07) is 20.9. The van der Waals surface area contributed by atoms with Gasteiger partial charge in [0.2, 0.25) is 0 Å². The second-order valence-electron chi connectivity index (χ2n) is 5.80. The van der Waals surface area contributed by atoms with Crippen LogP contribution in [0.25, 0.3) is 0 Å². The monoisotopic (exact) mass is 329 g/mol. The van der Waals surface area contributed by atoms with Crippen molar-refractivity contribution in [3.8, 4) is 6.07 Å². The van der Waals surface area contributed by atoms with Crippen LogP contribution in [-0.4, -0.2) is 15.3 Å². The minimum Gasteiger partial charge on any atom is -0.335 e. The topological polar surface area (TPSA) is 58.7 Å². The lowest BCUT2D eigenvalue weighted by Crippen LogP contribution is -2.25. The molecule has 0 bridgehead atoms. The summed E-state index contributed by atoms with van der Waals surface area (Å²) >= 11 is 0. The summed E-state index contributed by atoms with van der Waals surface area (Å²) in [4.78, 5) is 17.5. The Morgan fingerprint density at radius 3 is 2.36 bits per heavy atom. The van der Waals surface area contributed by atoms with Crippen molar-refractivity contribution < 1.29 is 4.79 Å². The van der Waals surface area contributed by atoms with Crippen molar-refractivity contribution in [2.45, 2.75) is 19.4 Å². The van der Waals surface area contributed by atoms with Crippen LogP contribution >= 0.6 is 0 Å². The quantitative estimate of drug-likeness (QED) is 0.641. The van der Waals surface area contributed by atoms with Crippen molar-refractivity contribution in [2.24, 2.45) is 5.92 Å². The first-order valence-electron chi connectivity index (χ1n) is 8.31. The maximum Gasteiger partial charge on any atom is 0.181 e. The van der Waals surface area contributed by atoms with Crippen LogP contribution in [0.4, 0.5) is 0 Å². The molecule has 0 aliphatic rings. The highest BCUT2D eigenvalue weighted by molar-refractivity contribution is 6.00. The summed E-state index contributed by atoms with van der Waals surface area (Å²) in [5, 5.41) is 9.84. The van der Waals surface area contributed by atoms with Crippen molar-refractivity contribution in [3.05, 3.63) is 90.0 Å². The average Bonchev–Trinajstić information content (AvgIpc) is 3.15. The first-order valence-corrected chi connectivity index (χ1v) is 8.31. The highest BCUT2D eigenvalue weighted by Gasteiger charge is 2.34. The van der Waals surface area contributed by atoms with Crippen LogP contribution in [0.2, 0.25) is 0 Å². The summed E-state index contributed by atoms with van der Waals surface area (Å²) in [5.41, 5.74) is 1.46. The van der Waals surface area contributed by atoms with Crippen LogP contribution in [-0.2, 0) is 6.54 Å². The van der Waals surface area contributed by atoms with Crippen LogP contribution < -0.4 is 0 Å². The summed E-state index contributed by atoms with van der Waals surface area (Å²) in [6.07, 6.45) is 3.60. The summed E-state index contributed by atoms with van der Waals surface area (Å²) in [6.45, 7) is 2.75. The number of aryl methyl sites for hydroxylation is 1. The Bertz CT molecular complexity index is 878. The Balaban J connectivity index is 2.10. The summed E-state index contributed by atoms with van der Waals surface area (Å²) in [7, 11) is 0. The molecular formula is C21H19N3O. The fourth-order valence-electron chi connectivity index (χ4n) is 3.08. The van der Waals surface area contributed by atoms with Gasteiger partial charge in [-0.3, -0.25) is 4.79 Å². The lowest BCUT2D eigenvalue weighted by atomic mass is 9.81. The molecule has 3 rings (SSSR count). The first-order chi connectivity index (χ1) is 12.3. The molecule has 0 saturated heterocycles. The van der Waals surface area contributed by atoms with Crippen molar-refractivity contribution in [2.75, 3.05) is 0 Å². The molecule has 124 valence electrons. The van der Waals surface area contributed by atoms with Crippen molar-refractivity contribution in [1.29, 1.82) is 5.26 Å². The molecule has 2 atom stereocenters. The van der Waals surface area contributed by atoms with E-state index in [9.17, 15) is 10.1 Å². The third kappa shape index (κ3) is 3.36. The van der Waals surface area contributed by atoms with E-state index in [1.807, 2.05) is 66.2 Å². The molecule has 0 aliphatic heterocycles. The minimum absolute atomic E-state index is 0.178. The smallest absolute Gasteiger partial charge is 0.181 e. The van der Waals surface area contributed by atoms with Gasteiger partial charge in [-0.2, -0.15) is 5.26 Å². The van der Waals surface area contributed by atoms with E-state index in [0.29, 0.717) is 5.56 Å². The molecular weight excluding hydrogens is 310 g/mol. The van der Waals surface area contributed by atoms with Crippen molar-refractivity contribution in [1.82, 2.24) is 9.55 Å². The Kier molecular flexibility index (Phi) is 5.06. The molecule has 2 unspecified atom stereocenters. The van der Waals surface area contributed by atoms with Crippen LogP contribution in [0.3, 0.4) is 0 Å². The molecule has 0 N–H and O–H groups in total. The van der Waals surface area contributed by atoms with Gasteiger partial charge in [-0.25, -0.2) is 4.98 Å². The predicted molar refractivity (Wildman–Crippen MR) is 96.1 cm³/mol. The average molecular weight is 329 g/mol. The zero-order chi connectivity index (χ0) is 17.6. The van der Waals surface area contributed by atoms with Gasteiger partial charge in [0.05, 0.1) is 12.0 Å². The largest absolute Gasteiger partial charge is 0.335 e. The Hall–Kier alpha value is -3.19. The number of nitrogens with zero attached hydrogens (tertiary/aromatic N) is 3. The number of benzene rings is 2. The SMILES string of the molecule is CCn1ccnc1C(c1ccccc1)C(C#N)C(=O)c1ccccc1. The van der Waals surface area contributed by atoms with Crippen molar-refractivity contribution in [3.63, 3.8) is 0 Å². The number of ketones is 1. The number of Topliss-reactive ketones (excluding diaryl/α,β-unsaturated/α-hetero) is 1. The molecule has 1 heterocycles. The first kappa shape index (κ1) is 16.7. The third-order valence-electron chi connectivity index (χ3n) is 4.34. The Morgan fingerprint density at radius 1 is 1.12 bits per heavy atom. The molecule has 0 radical (unpaired) electrons. The predicted octanol–water partition coefficient (Wildman–Crippen LogP) is 4.06. The lowest BCUT2D eigenvalue weighted by molar-refractivity contribution is 0.0938. The Labute approximate surface area is 147 Å². The van der Waals surface area contributed by atoms with E-state index < -0.39 is 11.8 Å². The molecule has 4 nitrogen and oxygen atoms in total. The van der Waals surface area contributed by atoms with Crippen molar-refractivity contribution >= 4 is 5.78 Å². The van der Waals surface area contributed by atoms with Gasteiger partial charge < -0.3 is 4.57 Å². The van der Waals surface area contributed by atoms with Gasteiger partial charge in [-0.05, 0) is 12.5 Å². The number of hydrogen-bond acceptors (Lipinski definition) is 3. The second kappa shape index (κ2) is 7.59. The Morgan fingerprint density at radius 2 is 1.76 bits per heavy atom. The zero-order valence-electron chi connectivity index (χ0n) is 14.0. The van der Waals surface area contributed by atoms with E-state index in [2.05, 4.69) is 11.1 Å². The zero-order valence-corrected chi connectivity index (χ0v) is 14.0. The number of aromatic nitrogens is 2. The van der Waals surface area contributed by atoms with Gasteiger partial charge in [0.25, 0.3) is 0 Å². The lowest BCUT2D eigenvalue weighted by Gasteiger charge is -2.22. The maximum atomic E-state index is 13.0. The van der Waals surface area contributed by atoms with E-state index in [1.54, 1.807) is 18.3 Å². The molecule has 0 saturated carbocycles. The molecule has 0 amide bonds. The van der Waals surface area contributed by atoms with E-state index in [4.69, 9.17) is 0 Å². The molecule has 4 heteroatoms. The van der Waals surface area contributed by atoms with Gasteiger partial charge in [0.1, 0.15) is 11.7 Å². The van der Waals surface area contributed by atoms with Gasteiger partial charge in [0, 0.05) is 24.5 Å². The third-order valence-corrected chi connectivity index (χ3v) is 4.34. The van der Waals surface area contributed by atoms with Crippen LogP contribution in [0.15, 0.2) is 73.1 Å². The fourth-order valence-corrected chi connectivity index (χ4v) is 3.08. The number of carbonyl (C=O) groups is 1. The highest BCUT2D eigenvalue weighted by Crippen LogP contribution is 2.33. The number of rotatable bonds is 6. The van der Waals surface area contributed by atoms with Gasteiger partial charge >= 0.3 is 0 Å². The fraction of sp³-hybridized carbons (Fsp3) is 0.190. The molecule has 1 aromatic heterocycles. The molecule has 25 heavy (non-hydrogen) atoms. The second-order valence-corrected chi connectivity index (χ2v) is 5.80. The summed E-state index contributed by atoms with van der Waals surface area (Å²) in [5.74, 6) is -0.682. The highest BCUT2D eigenvalue weighted by atomic mass is 16.1. The summed E-state index contributed by atoms with van der Waals surface area (Å²) < 4.78 is 1.99. The van der Waals surface area contributed by atoms with Gasteiger partial charge in [-0.1, -0.05) is 60.7 Å². The van der Waals surface area contributed by atoms with Crippen LogP contribution in [0.5, 0.6) is 0 Å². The number of hydrogen-bond donors (Lipinski definition) is 0. The standard InChI is InChI=1S/C21H19N3O/c1-2-24-14-13-23-21(24)19(16-9-5-3-6-10-16)18(15-22)20(25)17-11-7-4-8-12-17/h3-14,18-19H,2H2,1H3.